The molecule has 1 atom stereocenters. The first-order chi connectivity index (χ1) is 11.6. The molecule has 1 unspecified atom stereocenters. The summed E-state index contributed by atoms with van der Waals surface area (Å²) in [5.41, 5.74) is 0.757. The standard InChI is InChI=1S/C20H23NO2S/c1-20(2)15-21(13-14-23-20)19(22)18(16-9-5-3-6-10-16)24-17-11-7-4-8-12-17/h3-12,18H,13-15H2,1-2H3. The summed E-state index contributed by atoms with van der Waals surface area (Å²) in [4.78, 5) is 16.3. The van der Waals surface area contributed by atoms with Gasteiger partial charge in [0, 0.05) is 18.0 Å². The number of carbonyl (C=O) groups is 1. The van der Waals surface area contributed by atoms with E-state index in [-0.39, 0.29) is 16.8 Å². The van der Waals surface area contributed by atoms with E-state index in [4.69, 9.17) is 4.74 Å². The van der Waals surface area contributed by atoms with Gasteiger partial charge in [-0.15, -0.1) is 11.8 Å². The molecule has 24 heavy (non-hydrogen) atoms. The van der Waals surface area contributed by atoms with Gasteiger partial charge in [-0.2, -0.15) is 0 Å². The van der Waals surface area contributed by atoms with E-state index >= 15 is 0 Å². The Morgan fingerprint density at radius 3 is 2.33 bits per heavy atom. The van der Waals surface area contributed by atoms with Gasteiger partial charge >= 0.3 is 0 Å². The minimum atomic E-state index is -0.285. The first-order valence-electron chi connectivity index (χ1n) is 8.25. The van der Waals surface area contributed by atoms with Gasteiger partial charge in [-0.05, 0) is 31.5 Å². The number of rotatable bonds is 4. The van der Waals surface area contributed by atoms with Crippen LogP contribution in [0.3, 0.4) is 0 Å². The van der Waals surface area contributed by atoms with E-state index < -0.39 is 0 Å². The summed E-state index contributed by atoms with van der Waals surface area (Å²) in [5, 5.41) is -0.234. The molecule has 2 aromatic carbocycles. The second-order valence-electron chi connectivity index (χ2n) is 6.59. The van der Waals surface area contributed by atoms with Crippen LogP contribution in [0.4, 0.5) is 0 Å². The van der Waals surface area contributed by atoms with E-state index in [9.17, 15) is 4.79 Å². The quantitative estimate of drug-likeness (QED) is 0.782. The zero-order chi connectivity index (χ0) is 17.0. The van der Waals surface area contributed by atoms with Crippen LogP contribution in [-0.2, 0) is 9.53 Å². The molecule has 4 heteroatoms. The third-order valence-electron chi connectivity index (χ3n) is 4.06. The maximum absolute atomic E-state index is 13.2. The summed E-state index contributed by atoms with van der Waals surface area (Å²) in [5.74, 6) is 0.159. The molecule has 0 aliphatic carbocycles. The number of benzene rings is 2. The van der Waals surface area contributed by atoms with Gasteiger partial charge in [-0.1, -0.05) is 48.5 Å². The highest BCUT2D eigenvalue weighted by Gasteiger charge is 2.34. The zero-order valence-corrected chi connectivity index (χ0v) is 15.0. The predicted molar refractivity (Wildman–Crippen MR) is 98.1 cm³/mol. The van der Waals surface area contributed by atoms with Gasteiger partial charge in [0.1, 0.15) is 5.25 Å². The Labute approximate surface area is 148 Å². The lowest BCUT2D eigenvalue weighted by molar-refractivity contribution is -0.145. The lowest BCUT2D eigenvalue weighted by Crippen LogP contribution is -2.51. The smallest absolute Gasteiger partial charge is 0.240 e. The van der Waals surface area contributed by atoms with Crippen molar-refractivity contribution in [1.82, 2.24) is 4.90 Å². The van der Waals surface area contributed by atoms with Crippen LogP contribution in [0, 0.1) is 0 Å². The molecule has 0 N–H and O–H groups in total. The number of ether oxygens (including phenoxy) is 1. The Hall–Kier alpha value is -1.78. The largest absolute Gasteiger partial charge is 0.372 e. The number of carbonyl (C=O) groups excluding carboxylic acids is 1. The van der Waals surface area contributed by atoms with Gasteiger partial charge in [0.15, 0.2) is 0 Å². The molecule has 0 radical (unpaired) electrons. The summed E-state index contributed by atoms with van der Waals surface area (Å²) in [6, 6.07) is 20.1. The van der Waals surface area contributed by atoms with E-state index in [1.807, 2.05) is 67.3 Å². The van der Waals surface area contributed by atoms with Crippen LogP contribution in [-0.4, -0.2) is 36.1 Å². The highest BCUT2D eigenvalue weighted by atomic mass is 32.2. The van der Waals surface area contributed by atoms with Gasteiger partial charge in [0.05, 0.1) is 12.2 Å². The first-order valence-corrected chi connectivity index (χ1v) is 9.12. The van der Waals surface area contributed by atoms with E-state index in [0.29, 0.717) is 19.7 Å². The van der Waals surface area contributed by atoms with Gasteiger partial charge in [0.25, 0.3) is 0 Å². The van der Waals surface area contributed by atoms with E-state index in [2.05, 4.69) is 12.1 Å². The number of hydrogen-bond acceptors (Lipinski definition) is 3. The SMILES string of the molecule is CC1(C)CN(C(=O)C(Sc2ccccc2)c2ccccc2)CCO1. The average molecular weight is 341 g/mol. The van der Waals surface area contributed by atoms with Crippen molar-refractivity contribution in [2.75, 3.05) is 19.7 Å². The molecule has 126 valence electrons. The maximum atomic E-state index is 13.2. The molecule has 3 rings (SSSR count). The van der Waals surface area contributed by atoms with Crippen molar-refractivity contribution in [3.05, 3.63) is 66.2 Å². The van der Waals surface area contributed by atoms with Crippen molar-refractivity contribution in [3.8, 4) is 0 Å². The van der Waals surface area contributed by atoms with Crippen molar-refractivity contribution in [1.29, 1.82) is 0 Å². The Kier molecular flexibility index (Phi) is 5.27. The monoisotopic (exact) mass is 341 g/mol. The second kappa shape index (κ2) is 7.41. The van der Waals surface area contributed by atoms with Gasteiger partial charge < -0.3 is 9.64 Å². The molecule has 0 spiro atoms. The lowest BCUT2D eigenvalue weighted by atomic mass is 10.1. The zero-order valence-electron chi connectivity index (χ0n) is 14.1. The van der Waals surface area contributed by atoms with E-state index in [0.717, 1.165) is 10.5 Å². The molecule has 3 nitrogen and oxygen atoms in total. The highest BCUT2D eigenvalue weighted by Crippen LogP contribution is 2.37. The minimum Gasteiger partial charge on any atom is -0.372 e. The Morgan fingerprint density at radius 1 is 1.08 bits per heavy atom. The van der Waals surface area contributed by atoms with Crippen LogP contribution < -0.4 is 0 Å². The summed E-state index contributed by atoms with van der Waals surface area (Å²) < 4.78 is 5.75. The molecule has 0 aromatic heterocycles. The van der Waals surface area contributed by atoms with Crippen molar-refractivity contribution in [2.24, 2.45) is 0 Å². The second-order valence-corrected chi connectivity index (χ2v) is 7.77. The Morgan fingerprint density at radius 2 is 1.71 bits per heavy atom. The Balaban J connectivity index is 1.85. The predicted octanol–water partition coefficient (Wildman–Crippen LogP) is 4.16. The van der Waals surface area contributed by atoms with Crippen LogP contribution in [0.2, 0.25) is 0 Å². The molecule has 2 aromatic rings. The third kappa shape index (κ3) is 4.19. The molecule has 1 amide bonds. The fourth-order valence-corrected chi connectivity index (χ4v) is 4.02. The fraction of sp³-hybridized carbons (Fsp3) is 0.350. The van der Waals surface area contributed by atoms with Crippen LogP contribution in [0.15, 0.2) is 65.6 Å². The fourth-order valence-electron chi connectivity index (χ4n) is 2.89. The maximum Gasteiger partial charge on any atom is 0.240 e. The minimum absolute atomic E-state index is 0.159. The van der Waals surface area contributed by atoms with Crippen LogP contribution in [0.1, 0.15) is 24.7 Å². The van der Waals surface area contributed by atoms with Crippen LogP contribution >= 0.6 is 11.8 Å². The molecule has 1 saturated heterocycles. The highest BCUT2D eigenvalue weighted by molar-refractivity contribution is 8.00. The van der Waals surface area contributed by atoms with Gasteiger partial charge in [-0.3, -0.25) is 4.79 Å². The Bertz CT molecular complexity index is 673. The van der Waals surface area contributed by atoms with Crippen molar-refractivity contribution < 1.29 is 9.53 Å². The molecule has 0 bridgehead atoms. The molecule has 1 aliphatic rings. The number of hydrogen-bond donors (Lipinski definition) is 0. The molecule has 1 heterocycles. The summed E-state index contributed by atoms with van der Waals surface area (Å²) in [7, 11) is 0. The first kappa shape index (κ1) is 17.1. The topological polar surface area (TPSA) is 29.5 Å². The molecule has 1 aliphatic heterocycles. The van der Waals surface area contributed by atoms with E-state index in [1.54, 1.807) is 11.8 Å². The van der Waals surface area contributed by atoms with Crippen molar-refractivity contribution in [2.45, 2.75) is 29.6 Å². The number of nitrogens with zero attached hydrogens (tertiary/aromatic N) is 1. The van der Waals surface area contributed by atoms with Crippen LogP contribution in [0.25, 0.3) is 0 Å². The summed E-state index contributed by atoms with van der Waals surface area (Å²) in [6.07, 6.45) is 0. The lowest BCUT2D eigenvalue weighted by Gasteiger charge is -2.39. The molecule has 0 saturated carbocycles. The van der Waals surface area contributed by atoms with Gasteiger partial charge in [0.2, 0.25) is 5.91 Å². The summed E-state index contributed by atoms with van der Waals surface area (Å²) >= 11 is 1.61. The van der Waals surface area contributed by atoms with Crippen LogP contribution in [0.5, 0.6) is 0 Å². The molecular formula is C20H23NO2S. The number of morpholine rings is 1. The van der Waals surface area contributed by atoms with Gasteiger partial charge in [-0.25, -0.2) is 0 Å². The normalized spacial score (nSPS) is 18.2. The van der Waals surface area contributed by atoms with E-state index in [1.165, 1.54) is 0 Å². The average Bonchev–Trinajstić information content (AvgIpc) is 2.60. The number of amides is 1. The van der Waals surface area contributed by atoms with Crippen molar-refractivity contribution in [3.63, 3.8) is 0 Å². The number of thioether (sulfide) groups is 1. The third-order valence-corrected chi connectivity index (χ3v) is 5.31. The van der Waals surface area contributed by atoms with Crippen molar-refractivity contribution >= 4 is 17.7 Å². The summed E-state index contributed by atoms with van der Waals surface area (Å²) in [6.45, 7) is 5.95. The molecule has 1 fully saturated rings. The molecular weight excluding hydrogens is 318 g/mol.